The summed E-state index contributed by atoms with van der Waals surface area (Å²) in [6, 6.07) is 18.0. The Labute approximate surface area is 180 Å². The zero-order valence-electron chi connectivity index (χ0n) is 17.2. The molecule has 1 amide bonds. The third kappa shape index (κ3) is 3.69. The molecule has 1 aliphatic rings. The van der Waals surface area contributed by atoms with E-state index in [4.69, 9.17) is 4.74 Å². The van der Waals surface area contributed by atoms with Gasteiger partial charge in [0.2, 0.25) is 0 Å². The Bertz CT molecular complexity index is 1240. The molecule has 2 heterocycles. The van der Waals surface area contributed by atoms with E-state index in [9.17, 15) is 9.90 Å². The van der Waals surface area contributed by atoms with Crippen LogP contribution in [0.25, 0.3) is 32.9 Å². The minimum absolute atomic E-state index is 0.0480. The summed E-state index contributed by atoms with van der Waals surface area (Å²) >= 11 is 0. The SMILES string of the molecule is O=C(NCC1(CO)CCOCC1)c1ccc(-c2ccc3nc[nH]c3c2)c2ccccc12. The number of H-pyrrole nitrogens is 1. The monoisotopic (exact) mass is 415 g/mol. The lowest BCUT2D eigenvalue weighted by Gasteiger charge is -2.35. The number of nitrogens with one attached hydrogen (secondary N) is 2. The van der Waals surface area contributed by atoms with Crippen LogP contribution in [0, 0.1) is 5.41 Å². The number of aliphatic hydroxyl groups excluding tert-OH is 1. The minimum Gasteiger partial charge on any atom is -0.396 e. The summed E-state index contributed by atoms with van der Waals surface area (Å²) in [5.74, 6) is -0.119. The van der Waals surface area contributed by atoms with Crippen LogP contribution in [0.3, 0.4) is 0 Å². The molecule has 6 nitrogen and oxygen atoms in total. The number of benzene rings is 3. The fourth-order valence-electron chi connectivity index (χ4n) is 4.41. The molecule has 6 heteroatoms. The molecule has 1 fully saturated rings. The van der Waals surface area contributed by atoms with Gasteiger partial charge in [-0.15, -0.1) is 0 Å². The van der Waals surface area contributed by atoms with E-state index in [1.807, 2.05) is 42.5 Å². The van der Waals surface area contributed by atoms with Gasteiger partial charge in [0.15, 0.2) is 0 Å². The third-order valence-corrected chi connectivity index (χ3v) is 6.41. The summed E-state index contributed by atoms with van der Waals surface area (Å²) < 4.78 is 5.42. The Kier molecular flexibility index (Phi) is 5.18. The second-order valence-electron chi connectivity index (χ2n) is 8.29. The smallest absolute Gasteiger partial charge is 0.251 e. The average molecular weight is 415 g/mol. The van der Waals surface area contributed by atoms with Crippen molar-refractivity contribution in [3.8, 4) is 11.1 Å². The molecule has 0 radical (unpaired) electrons. The first kappa shape index (κ1) is 19.7. The Morgan fingerprint density at radius 3 is 2.71 bits per heavy atom. The van der Waals surface area contributed by atoms with Crippen molar-refractivity contribution in [2.45, 2.75) is 12.8 Å². The average Bonchev–Trinajstić information content (AvgIpc) is 3.30. The number of hydrogen-bond donors (Lipinski definition) is 3. The van der Waals surface area contributed by atoms with Crippen LogP contribution in [-0.4, -0.2) is 47.3 Å². The maximum atomic E-state index is 13.1. The molecule has 1 saturated heterocycles. The van der Waals surface area contributed by atoms with Crippen molar-refractivity contribution >= 4 is 27.7 Å². The summed E-state index contributed by atoms with van der Waals surface area (Å²) in [7, 11) is 0. The largest absolute Gasteiger partial charge is 0.396 e. The molecule has 4 aromatic rings. The van der Waals surface area contributed by atoms with Gasteiger partial charge in [0.25, 0.3) is 5.91 Å². The second-order valence-corrected chi connectivity index (χ2v) is 8.29. The van der Waals surface area contributed by atoms with Gasteiger partial charge >= 0.3 is 0 Å². The first-order valence-electron chi connectivity index (χ1n) is 10.6. The van der Waals surface area contributed by atoms with Crippen molar-refractivity contribution in [3.63, 3.8) is 0 Å². The normalized spacial score (nSPS) is 15.9. The van der Waals surface area contributed by atoms with Crippen molar-refractivity contribution in [1.29, 1.82) is 0 Å². The highest BCUT2D eigenvalue weighted by Crippen LogP contribution is 2.33. The molecule has 0 aliphatic carbocycles. The molecule has 3 N–H and O–H groups in total. The van der Waals surface area contributed by atoms with Crippen LogP contribution in [0.15, 0.2) is 60.9 Å². The molecule has 31 heavy (non-hydrogen) atoms. The lowest BCUT2D eigenvalue weighted by atomic mass is 9.81. The number of amides is 1. The van der Waals surface area contributed by atoms with E-state index >= 15 is 0 Å². The third-order valence-electron chi connectivity index (χ3n) is 6.41. The van der Waals surface area contributed by atoms with Gasteiger partial charge in [0.1, 0.15) is 0 Å². The molecular weight excluding hydrogens is 390 g/mol. The van der Waals surface area contributed by atoms with Crippen molar-refractivity contribution in [2.75, 3.05) is 26.4 Å². The molecule has 0 spiro atoms. The quantitative estimate of drug-likeness (QED) is 0.461. The zero-order chi connectivity index (χ0) is 21.3. The first-order chi connectivity index (χ1) is 15.2. The number of carbonyl (C=O) groups is 1. The van der Waals surface area contributed by atoms with E-state index in [2.05, 4.69) is 27.4 Å². The molecule has 1 aliphatic heterocycles. The lowest BCUT2D eigenvalue weighted by molar-refractivity contribution is -0.0146. The van der Waals surface area contributed by atoms with E-state index in [1.165, 1.54) is 0 Å². The van der Waals surface area contributed by atoms with Crippen molar-refractivity contribution in [3.05, 3.63) is 66.5 Å². The van der Waals surface area contributed by atoms with Crippen LogP contribution in [0.1, 0.15) is 23.2 Å². The molecule has 3 aromatic carbocycles. The van der Waals surface area contributed by atoms with Gasteiger partial charge in [-0.25, -0.2) is 4.98 Å². The summed E-state index contributed by atoms with van der Waals surface area (Å²) in [5.41, 5.74) is 4.39. The van der Waals surface area contributed by atoms with Crippen molar-refractivity contribution < 1.29 is 14.6 Å². The molecule has 1 aromatic heterocycles. The van der Waals surface area contributed by atoms with Gasteiger partial charge in [-0.05, 0) is 52.9 Å². The highest BCUT2D eigenvalue weighted by molar-refractivity contribution is 6.11. The number of aromatic nitrogens is 2. The number of aliphatic hydroxyl groups is 1. The number of ether oxygens (including phenoxy) is 1. The van der Waals surface area contributed by atoms with Crippen LogP contribution in [-0.2, 0) is 4.74 Å². The van der Waals surface area contributed by atoms with Crippen LogP contribution < -0.4 is 5.32 Å². The Morgan fingerprint density at radius 2 is 1.90 bits per heavy atom. The Hall–Kier alpha value is -3.22. The molecule has 0 atom stereocenters. The van der Waals surface area contributed by atoms with Gasteiger partial charge in [-0.2, -0.15) is 0 Å². The molecule has 5 rings (SSSR count). The van der Waals surface area contributed by atoms with Gasteiger partial charge in [0, 0.05) is 30.7 Å². The number of aromatic amines is 1. The van der Waals surface area contributed by atoms with Gasteiger partial charge in [0.05, 0.1) is 24.0 Å². The summed E-state index contributed by atoms with van der Waals surface area (Å²) in [6.45, 7) is 1.73. The van der Waals surface area contributed by atoms with E-state index in [1.54, 1.807) is 6.33 Å². The topological polar surface area (TPSA) is 87.2 Å². The number of rotatable bonds is 5. The Balaban J connectivity index is 1.47. The molecule has 0 saturated carbocycles. The Morgan fingerprint density at radius 1 is 1.10 bits per heavy atom. The number of imidazole rings is 1. The second kappa shape index (κ2) is 8.13. The maximum absolute atomic E-state index is 13.1. The molecular formula is C25H25N3O3. The lowest BCUT2D eigenvalue weighted by Crippen LogP contribution is -2.43. The predicted molar refractivity (Wildman–Crippen MR) is 121 cm³/mol. The highest BCUT2D eigenvalue weighted by atomic mass is 16.5. The summed E-state index contributed by atoms with van der Waals surface area (Å²) in [6.07, 6.45) is 3.19. The highest BCUT2D eigenvalue weighted by Gasteiger charge is 2.32. The number of nitrogens with zero attached hydrogens (tertiary/aromatic N) is 1. The zero-order valence-corrected chi connectivity index (χ0v) is 17.2. The van der Waals surface area contributed by atoms with Crippen molar-refractivity contribution in [2.24, 2.45) is 5.41 Å². The molecule has 158 valence electrons. The van der Waals surface area contributed by atoms with Crippen molar-refractivity contribution in [1.82, 2.24) is 15.3 Å². The van der Waals surface area contributed by atoms with E-state index in [0.29, 0.717) is 25.3 Å². The number of carbonyl (C=O) groups excluding carboxylic acids is 1. The maximum Gasteiger partial charge on any atom is 0.251 e. The fourth-order valence-corrected chi connectivity index (χ4v) is 4.41. The fraction of sp³-hybridized carbons (Fsp3) is 0.280. The minimum atomic E-state index is -0.302. The first-order valence-corrected chi connectivity index (χ1v) is 10.6. The molecule has 0 bridgehead atoms. The van der Waals surface area contributed by atoms with Gasteiger partial charge in [-0.1, -0.05) is 36.4 Å². The summed E-state index contributed by atoms with van der Waals surface area (Å²) in [4.78, 5) is 20.6. The van der Waals surface area contributed by atoms with E-state index < -0.39 is 0 Å². The standard InChI is InChI=1S/C25H25N3O3/c29-15-25(9-11-31-12-10-25)14-26-24(30)21-7-6-18(19-3-1-2-4-20(19)21)17-5-8-22-23(13-17)28-16-27-22/h1-8,13,16,29H,9-12,14-15H2,(H,26,30)(H,27,28). The predicted octanol–water partition coefficient (Wildman–Crippen LogP) is 3.90. The van der Waals surface area contributed by atoms with Crippen LogP contribution >= 0.6 is 0 Å². The van der Waals surface area contributed by atoms with E-state index in [-0.39, 0.29) is 17.9 Å². The molecule has 0 unspecified atom stereocenters. The summed E-state index contributed by atoms with van der Waals surface area (Å²) in [5, 5.41) is 14.9. The van der Waals surface area contributed by atoms with Gasteiger partial charge in [-0.3, -0.25) is 4.79 Å². The van der Waals surface area contributed by atoms with Crippen LogP contribution in [0.2, 0.25) is 0 Å². The number of hydrogen-bond acceptors (Lipinski definition) is 4. The van der Waals surface area contributed by atoms with Crippen LogP contribution in [0.4, 0.5) is 0 Å². The van der Waals surface area contributed by atoms with Crippen LogP contribution in [0.5, 0.6) is 0 Å². The van der Waals surface area contributed by atoms with E-state index in [0.717, 1.165) is 45.8 Å². The van der Waals surface area contributed by atoms with Gasteiger partial charge < -0.3 is 20.1 Å². The number of fused-ring (bicyclic) bond motifs is 2.